The lowest BCUT2D eigenvalue weighted by atomic mass is 9.91. The van der Waals surface area contributed by atoms with Gasteiger partial charge in [0.15, 0.2) is 17.2 Å². The van der Waals surface area contributed by atoms with Crippen molar-refractivity contribution in [3.63, 3.8) is 0 Å². The highest BCUT2D eigenvalue weighted by molar-refractivity contribution is 5.88. The van der Waals surface area contributed by atoms with Crippen LogP contribution in [0.5, 0.6) is 5.75 Å². The van der Waals surface area contributed by atoms with E-state index in [1.54, 1.807) is 18.3 Å². The monoisotopic (exact) mass is 448 g/mol. The summed E-state index contributed by atoms with van der Waals surface area (Å²) in [7, 11) is 0. The molecule has 0 bridgehead atoms. The predicted molar refractivity (Wildman–Crippen MR) is 120 cm³/mol. The van der Waals surface area contributed by atoms with Gasteiger partial charge in [0.05, 0.1) is 6.20 Å². The predicted octanol–water partition coefficient (Wildman–Crippen LogP) is 3.36. The van der Waals surface area contributed by atoms with E-state index < -0.39 is 11.6 Å². The third kappa shape index (κ3) is 2.92. The van der Waals surface area contributed by atoms with Gasteiger partial charge in [-0.15, -0.1) is 0 Å². The smallest absolute Gasteiger partial charge is 0.177 e. The zero-order chi connectivity index (χ0) is 22.7. The first-order chi connectivity index (χ1) is 16.0. The lowest BCUT2D eigenvalue weighted by Gasteiger charge is -2.26. The summed E-state index contributed by atoms with van der Waals surface area (Å²) in [6.45, 7) is 1.91. The van der Waals surface area contributed by atoms with Crippen LogP contribution in [0.15, 0.2) is 48.7 Å². The van der Waals surface area contributed by atoms with Crippen LogP contribution in [-0.2, 0) is 5.41 Å². The van der Waals surface area contributed by atoms with Crippen LogP contribution in [-0.4, -0.2) is 44.9 Å². The maximum Gasteiger partial charge on any atom is 0.177 e. The first-order valence-corrected chi connectivity index (χ1v) is 10.9. The van der Waals surface area contributed by atoms with Crippen molar-refractivity contribution in [2.45, 2.75) is 11.8 Å². The highest BCUT2D eigenvalue weighted by Gasteiger charge is 2.66. The number of aromatic amines is 1. The van der Waals surface area contributed by atoms with Crippen molar-refractivity contribution >= 4 is 17.0 Å². The van der Waals surface area contributed by atoms with Gasteiger partial charge >= 0.3 is 0 Å². The summed E-state index contributed by atoms with van der Waals surface area (Å²) >= 11 is 0. The average Bonchev–Trinajstić information content (AvgIpc) is 3.29. The molecule has 3 atom stereocenters. The van der Waals surface area contributed by atoms with E-state index in [1.165, 1.54) is 18.2 Å². The second-order valence-electron chi connectivity index (χ2n) is 8.84. The number of hydrogen-bond donors (Lipinski definition) is 3. The Morgan fingerprint density at radius 2 is 2.00 bits per heavy atom. The van der Waals surface area contributed by atoms with Crippen LogP contribution in [0.1, 0.15) is 12.0 Å². The van der Waals surface area contributed by atoms with Gasteiger partial charge in [-0.2, -0.15) is 5.10 Å². The second-order valence-corrected chi connectivity index (χ2v) is 8.84. The Hall–Kier alpha value is -3.59. The van der Waals surface area contributed by atoms with E-state index in [9.17, 15) is 13.9 Å². The Morgan fingerprint density at radius 3 is 2.79 bits per heavy atom. The van der Waals surface area contributed by atoms with E-state index in [0.717, 1.165) is 19.5 Å². The highest BCUT2D eigenvalue weighted by Crippen LogP contribution is 2.63. The number of halogens is 2. The molecule has 33 heavy (non-hydrogen) atoms. The van der Waals surface area contributed by atoms with Gasteiger partial charge in [-0.1, -0.05) is 18.2 Å². The van der Waals surface area contributed by atoms with E-state index in [-0.39, 0.29) is 17.2 Å². The molecule has 0 amide bonds. The van der Waals surface area contributed by atoms with Crippen molar-refractivity contribution in [3.05, 3.63) is 65.9 Å². The van der Waals surface area contributed by atoms with Crippen LogP contribution < -0.4 is 10.6 Å². The molecule has 4 N–H and O–H groups in total. The average molecular weight is 448 g/mol. The van der Waals surface area contributed by atoms with E-state index in [2.05, 4.69) is 20.1 Å². The van der Waals surface area contributed by atoms with Gasteiger partial charge in [0, 0.05) is 30.6 Å². The minimum atomic E-state index is -0.723. The molecule has 2 fully saturated rings. The lowest BCUT2D eigenvalue weighted by molar-refractivity contribution is 0.432. The normalized spacial score (nSPS) is 24.2. The van der Waals surface area contributed by atoms with E-state index >= 15 is 0 Å². The molecule has 1 aliphatic heterocycles. The number of benzene rings is 2. The fourth-order valence-electron chi connectivity index (χ4n) is 5.64. The zero-order valence-electron chi connectivity index (χ0n) is 17.7. The number of nitrogens with zero attached hydrogens (tertiary/aromatic N) is 4. The fourth-order valence-corrected chi connectivity index (χ4v) is 5.64. The summed E-state index contributed by atoms with van der Waals surface area (Å²) in [5, 5.41) is 16.6. The minimum Gasteiger partial charge on any atom is -0.505 e. The van der Waals surface area contributed by atoms with Gasteiger partial charge in [-0.3, -0.25) is 5.10 Å². The van der Waals surface area contributed by atoms with Crippen molar-refractivity contribution in [2.75, 3.05) is 24.5 Å². The summed E-state index contributed by atoms with van der Waals surface area (Å²) in [5.74, 6) is -0.0169. The van der Waals surface area contributed by atoms with Gasteiger partial charge in [0.2, 0.25) is 0 Å². The molecule has 1 saturated carbocycles. The number of H-pyrrole nitrogens is 1. The molecule has 0 radical (unpaired) electrons. The summed E-state index contributed by atoms with van der Waals surface area (Å²) in [6.07, 6.45) is 2.59. The number of aromatic nitrogens is 4. The summed E-state index contributed by atoms with van der Waals surface area (Å²) in [5.41, 5.74) is 8.55. The molecule has 2 aromatic carbocycles. The Bertz CT molecular complexity index is 1370. The number of aromatic hydroxyl groups is 1. The van der Waals surface area contributed by atoms with E-state index in [4.69, 9.17) is 10.7 Å². The van der Waals surface area contributed by atoms with Crippen molar-refractivity contribution < 1.29 is 13.9 Å². The number of fused-ring (bicyclic) bond motifs is 2. The zero-order valence-corrected chi connectivity index (χ0v) is 17.7. The van der Waals surface area contributed by atoms with Gasteiger partial charge in [-0.25, -0.2) is 18.7 Å². The molecular weight excluding hydrogens is 426 g/mol. The largest absolute Gasteiger partial charge is 0.505 e. The van der Waals surface area contributed by atoms with E-state index in [1.807, 2.05) is 12.1 Å². The van der Waals surface area contributed by atoms with Gasteiger partial charge in [0.25, 0.3) is 0 Å². The Balaban J connectivity index is 1.29. The number of nitrogens with two attached hydrogens (primary N) is 1. The Kier molecular flexibility index (Phi) is 4.38. The molecule has 0 spiro atoms. The third-order valence-corrected chi connectivity index (χ3v) is 7.34. The molecule has 1 saturated heterocycles. The first-order valence-electron chi connectivity index (χ1n) is 10.9. The molecule has 2 aliphatic rings. The molecule has 0 unspecified atom stereocenters. The standard InChI is InChI=1S/C24H22F2N6O/c25-17-4-2-1-3-15(17)24(12-27)14-7-8-32(11-16(14)24)20-10-28-22-21(30-31-23(22)29-20)13-5-6-19(33)18(26)9-13/h1-6,9-10,14,16,33H,7-8,11-12,27H2,(H,29,30,31)/t14-,16+,24-/m1/s1. The topological polar surface area (TPSA) is 104 Å². The minimum absolute atomic E-state index is 0.194. The van der Waals surface area contributed by atoms with Gasteiger partial charge in [0.1, 0.15) is 22.8 Å². The number of phenolic OH excluding ortho intramolecular Hbond substituents is 1. The summed E-state index contributed by atoms with van der Waals surface area (Å²) in [4.78, 5) is 11.4. The highest BCUT2D eigenvalue weighted by atomic mass is 19.1. The molecule has 168 valence electrons. The molecule has 4 aromatic rings. The van der Waals surface area contributed by atoms with Crippen LogP contribution in [0, 0.1) is 23.5 Å². The number of nitrogens with one attached hydrogen (secondary N) is 1. The lowest BCUT2D eigenvalue weighted by Crippen LogP contribution is -2.32. The molecule has 1 aliphatic carbocycles. The second kappa shape index (κ2) is 7.21. The number of piperidine rings is 1. The number of phenols is 1. The Labute approximate surface area is 188 Å². The van der Waals surface area contributed by atoms with Crippen LogP contribution >= 0.6 is 0 Å². The molecular formula is C24H22F2N6O. The van der Waals surface area contributed by atoms with Gasteiger partial charge in [-0.05, 0) is 48.1 Å². The van der Waals surface area contributed by atoms with Crippen molar-refractivity contribution in [1.82, 2.24) is 20.2 Å². The van der Waals surface area contributed by atoms with Crippen molar-refractivity contribution in [1.29, 1.82) is 0 Å². The molecule has 2 aromatic heterocycles. The van der Waals surface area contributed by atoms with Crippen LogP contribution in [0.4, 0.5) is 14.6 Å². The molecule has 7 nitrogen and oxygen atoms in total. The van der Waals surface area contributed by atoms with Gasteiger partial charge < -0.3 is 15.7 Å². The number of rotatable bonds is 4. The number of anilines is 1. The third-order valence-electron chi connectivity index (χ3n) is 7.34. The molecule has 3 heterocycles. The summed E-state index contributed by atoms with van der Waals surface area (Å²) in [6, 6.07) is 11.0. The van der Waals surface area contributed by atoms with Crippen LogP contribution in [0.25, 0.3) is 22.4 Å². The van der Waals surface area contributed by atoms with Crippen molar-refractivity contribution in [3.8, 4) is 17.0 Å². The molecule has 9 heteroatoms. The summed E-state index contributed by atoms with van der Waals surface area (Å²) < 4.78 is 28.4. The number of hydrogen-bond acceptors (Lipinski definition) is 6. The maximum absolute atomic E-state index is 14.6. The first kappa shape index (κ1) is 20.0. The van der Waals surface area contributed by atoms with E-state index in [0.29, 0.717) is 46.3 Å². The fraction of sp³-hybridized carbons (Fsp3) is 0.292. The quantitative estimate of drug-likeness (QED) is 0.442. The Morgan fingerprint density at radius 1 is 1.15 bits per heavy atom. The van der Waals surface area contributed by atoms with Crippen molar-refractivity contribution in [2.24, 2.45) is 17.6 Å². The molecule has 6 rings (SSSR count). The van der Waals surface area contributed by atoms with Crippen LogP contribution in [0.3, 0.4) is 0 Å². The maximum atomic E-state index is 14.6. The van der Waals surface area contributed by atoms with Crippen LogP contribution in [0.2, 0.25) is 0 Å². The SMILES string of the molecule is NC[C@]1(c2ccccc2F)[C@@H]2CCN(c3cnc4c(-c5ccc(O)c(F)c5)n[nH]c4n3)C[C@@H]21.